The van der Waals surface area contributed by atoms with E-state index < -0.39 is 6.17 Å². The van der Waals surface area contributed by atoms with Gasteiger partial charge in [0.25, 0.3) is 5.91 Å². The number of anilines is 1. The van der Waals surface area contributed by atoms with E-state index in [9.17, 15) is 9.59 Å². The molecule has 2 saturated heterocycles. The van der Waals surface area contributed by atoms with Crippen LogP contribution in [0, 0.1) is 5.92 Å². The summed E-state index contributed by atoms with van der Waals surface area (Å²) in [5.74, 6) is 0.338. The lowest BCUT2D eigenvalue weighted by Crippen LogP contribution is -2.54. The smallest absolute Gasteiger partial charge is 0.258 e. The Morgan fingerprint density at radius 1 is 1.03 bits per heavy atom. The quantitative estimate of drug-likeness (QED) is 0.606. The summed E-state index contributed by atoms with van der Waals surface area (Å²) in [6, 6.07) is 18.0. The van der Waals surface area contributed by atoms with Crippen molar-refractivity contribution in [1.82, 2.24) is 14.7 Å². The first-order chi connectivity index (χ1) is 17.7. The van der Waals surface area contributed by atoms with Gasteiger partial charge in [-0.25, -0.2) is 0 Å². The minimum Gasteiger partial charge on any atom is -0.383 e. The molecule has 3 aliphatic heterocycles. The third kappa shape index (κ3) is 5.27. The third-order valence-electron chi connectivity index (χ3n) is 8.04. The SMILES string of the molecule is COCCN(C[C@@H]1CCCN2CCCC[C@H]12)C(=O)CN1C(=O)c2ccccc2NC1c1ccccc1. The van der Waals surface area contributed by atoms with Crippen LogP contribution in [0.25, 0.3) is 0 Å². The van der Waals surface area contributed by atoms with Crippen LogP contribution < -0.4 is 5.32 Å². The zero-order valence-corrected chi connectivity index (χ0v) is 21.3. The van der Waals surface area contributed by atoms with Gasteiger partial charge >= 0.3 is 0 Å². The molecule has 2 amide bonds. The topological polar surface area (TPSA) is 65.1 Å². The molecule has 1 unspecified atom stereocenters. The van der Waals surface area contributed by atoms with E-state index in [1.54, 1.807) is 12.0 Å². The number of nitrogens with zero attached hydrogens (tertiary/aromatic N) is 3. The first-order valence-electron chi connectivity index (χ1n) is 13.4. The maximum absolute atomic E-state index is 13.8. The molecule has 0 aromatic heterocycles. The van der Waals surface area contributed by atoms with Gasteiger partial charge in [-0.1, -0.05) is 48.9 Å². The molecule has 7 heteroatoms. The van der Waals surface area contributed by atoms with E-state index >= 15 is 0 Å². The molecule has 0 aliphatic carbocycles. The molecule has 7 nitrogen and oxygen atoms in total. The molecule has 0 radical (unpaired) electrons. The van der Waals surface area contributed by atoms with Crippen molar-refractivity contribution >= 4 is 17.5 Å². The Bertz CT molecular complexity index is 1040. The first-order valence-corrected chi connectivity index (χ1v) is 13.4. The van der Waals surface area contributed by atoms with Gasteiger partial charge in [0.1, 0.15) is 12.7 Å². The number of benzene rings is 2. The van der Waals surface area contributed by atoms with Gasteiger partial charge in [-0.2, -0.15) is 0 Å². The van der Waals surface area contributed by atoms with Gasteiger partial charge in [-0.15, -0.1) is 0 Å². The highest BCUT2D eigenvalue weighted by atomic mass is 16.5. The summed E-state index contributed by atoms with van der Waals surface area (Å²) in [4.78, 5) is 33.7. The summed E-state index contributed by atoms with van der Waals surface area (Å²) >= 11 is 0. The Hall–Kier alpha value is -2.90. The lowest BCUT2D eigenvalue weighted by molar-refractivity contribution is -0.134. The van der Waals surface area contributed by atoms with Crippen LogP contribution in [0.15, 0.2) is 54.6 Å². The van der Waals surface area contributed by atoms with Crippen molar-refractivity contribution < 1.29 is 14.3 Å². The molecule has 0 spiro atoms. The van der Waals surface area contributed by atoms with Crippen molar-refractivity contribution in [2.75, 3.05) is 51.8 Å². The predicted octanol–water partition coefficient (Wildman–Crippen LogP) is 3.99. The van der Waals surface area contributed by atoms with Crippen LogP contribution >= 0.6 is 0 Å². The third-order valence-corrected chi connectivity index (χ3v) is 8.04. The number of carbonyl (C=O) groups is 2. The van der Waals surface area contributed by atoms with E-state index in [2.05, 4.69) is 10.2 Å². The van der Waals surface area contributed by atoms with Crippen LogP contribution in [0.5, 0.6) is 0 Å². The summed E-state index contributed by atoms with van der Waals surface area (Å²) in [6.07, 6.45) is 5.72. The van der Waals surface area contributed by atoms with E-state index in [-0.39, 0.29) is 18.4 Å². The van der Waals surface area contributed by atoms with Crippen LogP contribution in [-0.4, -0.2) is 79.0 Å². The fourth-order valence-electron chi connectivity index (χ4n) is 6.19. The highest BCUT2D eigenvalue weighted by molar-refractivity contribution is 6.03. The average Bonchev–Trinajstić information content (AvgIpc) is 2.93. The van der Waals surface area contributed by atoms with E-state index in [4.69, 9.17) is 4.74 Å². The fraction of sp³-hybridized carbons (Fsp3) is 0.517. The monoisotopic (exact) mass is 490 g/mol. The number of fused-ring (bicyclic) bond motifs is 2. The van der Waals surface area contributed by atoms with Gasteiger partial charge < -0.3 is 24.8 Å². The van der Waals surface area contributed by atoms with Gasteiger partial charge in [0.2, 0.25) is 5.91 Å². The summed E-state index contributed by atoms with van der Waals surface area (Å²) in [5, 5.41) is 3.50. The van der Waals surface area contributed by atoms with E-state index in [1.165, 1.54) is 38.8 Å². The number of hydrogen-bond acceptors (Lipinski definition) is 5. The molecule has 2 aromatic carbocycles. The van der Waals surface area contributed by atoms with Crippen molar-refractivity contribution in [3.63, 3.8) is 0 Å². The number of ether oxygens (including phenoxy) is 1. The maximum atomic E-state index is 13.8. The molecular weight excluding hydrogens is 452 g/mol. The number of rotatable bonds is 8. The lowest BCUT2D eigenvalue weighted by atomic mass is 9.83. The van der Waals surface area contributed by atoms with E-state index in [0.29, 0.717) is 30.7 Å². The molecule has 0 bridgehead atoms. The number of amides is 2. The molecule has 192 valence electrons. The number of nitrogens with one attached hydrogen (secondary N) is 1. The van der Waals surface area contributed by atoms with Crippen molar-refractivity contribution in [3.05, 3.63) is 65.7 Å². The predicted molar refractivity (Wildman–Crippen MR) is 141 cm³/mol. The van der Waals surface area contributed by atoms with Crippen molar-refractivity contribution in [2.45, 2.75) is 44.3 Å². The second-order valence-electron chi connectivity index (χ2n) is 10.3. The molecule has 1 N–H and O–H groups in total. The van der Waals surface area contributed by atoms with Gasteiger partial charge in [0.15, 0.2) is 0 Å². The van der Waals surface area contributed by atoms with Crippen LogP contribution in [0.1, 0.15) is 54.2 Å². The maximum Gasteiger partial charge on any atom is 0.258 e. The number of methoxy groups -OCH3 is 1. The summed E-state index contributed by atoms with van der Waals surface area (Å²) < 4.78 is 5.37. The Morgan fingerprint density at radius 2 is 1.81 bits per heavy atom. The van der Waals surface area contributed by atoms with Crippen LogP contribution in [-0.2, 0) is 9.53 Å². The largest absolute Gasteiger partial charge is 0.383 e. The Balaban J connectivity index is 1.37. The molecule has 2 fully saturated rings. The Morgan fingerprint density at radius 3 is 2.64 bits per heavy atom. The second kappa shape index (κ2) is 11.4. The molecule has 3 atom stereocenters. The van der Waals surface area contributed by atoms with Crippen LogP contribution in [0.2, 0.25) is 0 Å². The van der Waals surface area contributed by atoms with Gasteiger partial charge in [0.05, 0.1) is 12.2 Å². The Labute approximate surface area is 214 Å². The van der Waals surface area contributed by atoms with E-state index in [0.717, 1.165) is 24.2 Å². The molecule has 2 aromatic rings. The number of carbonyl (C=O) groups excluding carboxylic acids is 2. The number of hydrogen-bond donors (Lipinski definition) is 1. The average molecular weight is 491 g/mol. The minimum absolute atomic E-state index is 0.0181. The first kappa shape index (κ1) is 24.8. The molecule has 3 heterocycles. The normalized spacial score (nSPS) is 24.0. The van der Waals surface area contributed by atoms with Crippen LogP contribution in [0.3, 0.4) is 0 Å². The van der Waals surface area contributed by atoms with Crippen LogP contribution in [0.4, 0.5) is 5.69 Å². The van der Waals surface area contributed by atoms with Gasteiger partial charge in [-0.05, 0) is 62.4 Å². The Kier molecular flexibility index (Phi) is 7.87. The fourth-order valence-corrected chi connectivity index (χ4v) is 6.19. The lowest BCUT2D eigenvalue weighted by Gasteiger charge is -2.46. The molecule has 36 heavy (non-hydrogen) atoms. The molecule has 3 aliphatic rings. The number of para-hydroxylation sites is 1. The van der Waals surface area contributed by atoms with Crippen molar-refractivity contribution in [2.24, 2.45) is 5.92 Å². The molecule has 0 saturated carbocycles. The van der Waals surface area contributed by atoms with Crippen molar-refractivity contribution in [1.29, 1.82) is 0 Å². The standard InChI is InChI=1S/C29H38N4O3/c1-36-19-18-32(20-23-12-9-17-31-16-8-7-15-26(23)31)27(34)21-33-28(22-10-3-2-4-11-22)30-25-14-6-5-13-24(25)29(33)35/h2-6,10-11,13-14,23,26,28,30H,7-9,12,15-21H2,1H3/t23-,26+,28?/m0/s1. The minimum atomic E-state index is -0.398. The zero-order chi connectivity index (χ0) is 24.9. The van der Waals surface area contributed by atoms with Crippen molar-refractivity contribution in [3.8, 4) is 0 Å². The highest BCUT2D eigenvalue weighted by Crippen LogP contribution is 2.34. The summed E-state index contributed by atoms with van der Waals surface area (Å²) in [7, 11) is 1.67. The molecule has 5 rings (SSSR count). The van der Waals surface area contributed by atoms with Gasteiger partial charge in [-0.3, -0.25) is 9.59 Å². The summed E-state index contributed by atoms with van der Waals surface area (Å²) in [6.45, 7) is 4.15. The van der Waals surface area contributed by atoms with Gasteiger partial charge in [0, 0.05) is 31.9 Å². The molecular formula is C29H38N4O3. The number of piperidine rings is 2. The van der Waals surface area contributed by atoms with E-state index in [1.807, 2.05) is 59.5 Å². The summed E-state index contributed by atoms with van der Waals surface area (Å²) in [5.41, 5.74) is 2.36. The second-order valence-corrected chi connectivity index (χ2v) is 10.3. The zero-order valence-electron chi connectivity index (χ0n) is 21.3. The highest BCUT2D eigenvalue weighted by Gasteiger charge is 2.37.